The molecule has 0 saturated heterocycles. The predicted molar refractivity (Wildman–Crippen MR) is 106 cm³/mol. The minimum absolute atomic E-state index is 0. The van der Waals surface area contributed by atoms with Crippen molar-refractivity contribution in [3.63, 3.8) is 0 Å². The Balaban J connectivity index is 0.00000264. The zero-order valence-corrected chi connectivity index (χ0v) is 16.6. The molecule has 23 heavy (non-hydrogen) atoms. The van der Waals surface area contributed by atoms with Gasteiger partial charge in [-0.05, 0) is 31.4 Å². The van der Waals surface area contributed by atoms with Crippen LogP contribution in [0, 0.1) is 5.92 Å². The Labute approximate surface area is 155 Å². The number of halogens is 1. The summed E-state index contributed by atoms with van der Waals surface area (Å²) in [6.07, 6.45) is 3.87. The van der Waals surface area contributed by atoms with E-state index in [1.807, 2.05) is 28.8 Å². The van der Waals surface area contributed by atoms with E-state index in [0.717, 1.165) is 36.8 Å². The van der Waals surface area contributed by atoms with Gasteiger partial charge in [0.25, 0.3) is 0 Å². The van der Waals surface area contributed by atoms with E-state index in [1.165, 1.54) is 0 Å². The van der Waals surface area contributed by atoms with Gasteiger partial charge in [0.2, 0.25) is 0 Å². The first-order valence-corrected chi connectivity index (χ1v) is 7.87. The van der Waals surface area contributed by atoms with Crippen molar-refractivity contribution in [1.29, 1.82) is 0 Å². The Kier molecular flexibility index (Phi) is 8.29. The molecular formula is C16H27IN6. The number of guanidine groups is 1. The maximum atomic E-state index is 4.26. The topological polar surface area (TPSA) is 66.6 Å². The molecule has 0 spiro atoms. The van der Waals surface area contributed by atoms with Crippen LogP contribution in [0.5, 0.6) is 0 Å². The lowest BCUT2D eigenvalue weighted by Crippen LogP contribution is -2.44. The number of rotatable bonds is 6. The van der Waals surface area contributed by atoms with E-state index in [9.17, 15) is 0 Å². The molecule has 0 fully saturated rings. The summed E-state index contributed by atoms with van der Waals surface area (Å²) < 4.78 is 2.04. The van der Waals surface area contributed by atoms with Gasteiger partial charge in [0, 0.05) is 32.3 Å². The van der Waals surface area contributed by atoms with E-state index in [4.69, 9.17) is 0 Å². The van der Waals surface area contributed by atoms with Crippen molar-refractivity contribution >= 4 is 35.6 Å². The van der Waals surface area contributed by atoms with E-state index < -0.39 is 0 Å². The van der Waals surface area contributed by atoms with E-state index >= 15 is 0 Å². The molecule has 0 aliphatic carbocycles. The third-order valence-electron chi connectivity index (χ3n) is 3.84. The second-order valence-electron chi connectivity index (χ2n) is 5.82. The molecule has 0 saturated carbocycles. The Morgan fingerprint density at radius 2 is 2.04 bits per heavy atom. The molecule has 2 aromatic rings. The summed E-state index contributed by atoms with van der Waals surface area (Å²) in [5.74, 6) is 2.42. The normalized spacial score (nSPS) is 13.0. The first-order chi connectivity index (χ1) is 10.6. The molecule has 2 N–H and O–H groups in total. The summed E-state index contributed by atoms with van der Waals surface area (Å²) in [5.41, 5.74) is 0.897. The van der Waals surface area contributed by atoms with Gasteiger partial charge >= 0.3 is 0 Å². The maximum absolute atomic E-state index is 4.26. The van der Waals surface area contributed by atoms with Crippen LogP contribution in [0.1, 0.15) is 33.0 Å². The minimum atomic E-state index is 0. The number of fused-ring (bicyclic) bond motifs is 1. The molecule has 0 amide bonds. The van der Waals surface area contributed by atoms with Crippen LogP contribution in [0.25, 0.3) is 5.65 Å². The maximum Gasteiger partial charge on any atom is 0.191 e. The average Bonchev–Trinajstić information content (AvgIpc) is 2.93. The second-order valence-corrected chi connectivity index (χ2v) is 5.82. The van der Waals surface area contributed by atoms with Crippen molar-refractivity contribution in [2.45, 2.75) is 39.7 Å². The molecule has 6 nitrogen and oxygen atoms in total. The third-order valence-corrected chi connectivity index (χ3v) is 3.84. The van der Waals surface area contributed by atoms with Crippen molar-refractivity contribution in [2.75, 3.05) is 13.6 Å². The molecule has 0 aromatic carbocycles. The highest BCUT2D eigenvalue weighted by atomic mass is 127. The van der Waals surface area contributed by atoms with Gasteiger partial charge < -0.3 is 10.6 Å². The first-order valence-electron chi connectivity index (χ1n) is 7.87. The Bertz CT molecular complexity index is 622. The van der Waals surface area contributed by atoms with Gasteiger partial charge in [-0.3, -0.25) is 9.39 Å². The highest BCUT2D eigenvalue weighted by molar-refractivity contribution is 14.0. The van der Waals surface area contributed by atoms with Crippen LogP contribution in [0.3, 0.4) is 0 Å². The van der Waals surface area contributed by atoms with Crippen molar-refractivity contribution < 1.29 is 0 Å². The largest absolute Gasteiger partial charge is 0.356 e. The summed E-state index contributed by atoms with van der Waals surface area (Å²) >= 11 is 0. The summed E-state index contributed by atoms with van der Waals surface area (Å²) in [6, 6.07) is 6.33. The molecule has 1 atom stereocenters. The van der Waals surface area contributed by atoms with Gasteiger partial charge in [0.1, 0.15) is 5.82 Å². The van der Waals surface area contributed by atoms with Gasteiger partial charge in [-0.1, -0.05) is 19.9 Å². The molecule has 0 bridgehead atoms. The third kappa shape index (κ3) is 5.63. The van der Waals surface area contributed by atoms with Gasteiger partial charge in [-0.2, -0.15) is 0 Å². The van der Waals surface area contributed by atoms with Gasteiger partial charge in [-0.15, -0.1) is 34.2 Å². The van der Waals surface area contributed by atoms with Gasteiger partial charge in [0.05, 0.1) is 0 Å². The molecule has 0 aliphatic heterocycles. The second kappa shape index (κ2) is 9.69. The molecule has 7 heteroatoms. The Hall–Kier alpha value is -1.38. The van der Waals surface area contributed by atoms with Crippen LogP contribution < -0.4 is 10.6 Å². The van der Waals surface area contributed by atoms with E-state index in [1.54, 1.807) is 7.05 Å². The van der Waals surface area contributed by atoms with Crippen LogP contribution in [0.4, 0.5) is 0 Å². The van der Waals surface area contributed by atoms with Crippen LogP contribution in [-0.4, -0.2) is 40.2 Å². The van der Waals surface area contributed by atoms with Gasteiger partial charge in [0.15, 0.2) is 11.6 Å². The number of pyridine rings is 1. The first kappa shape index (κ1) is 19.7. The van der Waals surface area contributed by atoms with Crippen LogP contribution in [0.15, 0.2) is 29.4 Å². The molecular weight excluding hydrogens is 403 g/mol. The number of hydrogen-bond donors (Lipinski definition) is 2. The van der Waals surface area contributed by atoms with Gasteiger partial charge in [-0.25, -0.2) is 0 Å². The summed E-state index contributed by atoms with van der Waals surface area (Å²) in [7, 11) is 1.80. The van der Waals surface area contributed by atoms with Crippen molar-refractivity contribution in [1.82, 2.24) is 25.2 Å². The number of aromatic nitrogens is 3. The lowest BCUT2D eigenvalue weighted by Gasteiger charge is -2.20. The summed E-state index contributed by atoms with van der Waals surface area (Å²) in [4.78, 5) is 4.26. The molecule has 2 heterocycles. The SMILES string of the molecule is CN=C(NCCCc1nnc2ccccn12)NC(C)C(C)C.I. The summed E-state index contributed by atoms with van der Waals surface area (Å²) in [6.45, 7) is 7.41. The standard InChI is InChI=1S/C16H26N6.HI/c1-12(2)13(3)19-16(17-4)18-10-7-9-15-21-20-14-8-5-6-11-22(14)15;/h5-6,8,11-13H,7,9-10H2,1-4H3,(H2,17,18,19);1H. The predicted octanol–water partition coefficient (Wildman–Crippen LogP) is 2.49. The molecule has 1 unspecified atom stereocenters. The zero-order chi connectivity index (χ0) is 15.9. The van der Waals surface area contributed by atoms with Crippen molar-refractivity contribution in [3.05, 3.63) is 30.2 Å². The van der Waals surface area contributed by atoms with Crippen LogP contribution >= 0.6 is 24.0 Å². The highest BCUT2D eigenvalue weighted by Gasteiger charge is 2.09. The van der Waals surface area contributed by atoms with Crippen molar-refractivity contribution in [3.8, 4) is 0 Å². The molecule has 0 radical (unpaired) electrons. The zero-order valence-electron chi connectivity index (χ0n) is 14.3. The lowest BCUT2D eigenvalue weighted by atomic mass is 10.1. The fourth-order valence-corrected chi connectivity index (χ4v) is 2.09. The van der Waals surface area contributed by atoms with Crippen LogP contribution in [-0.2, 0) is 6.42 Å². The Morgan fingerprint density at radius 3 is 2.74 bits per heavy atom. The monoisotopic (exact) mass is 430 g/mol. The van der Waals surface area contributed by atoms with Crippen LogP contribution in [0.2, 0.25) is 0 Å². The fraction of sp³-hybridized carbons (Fsp3) is 0.562. The number of nitrogens with zero attached hydrogens (tertiary/aromatic N) is 4. The number of hydrogen-bond acceptors (Lipinski definition) is 3. The summed E-state index contributed by atoms with van der Waals surface area (Å²) in [5, 5.41) is 15.1. The van der Waals surface area contributed by atoms with E-state index in [-0.39, 0.29) is 24.0 Å². The van der Waals surface area contributed by atoms with E-state index in [2.05, 4.69) is 46.6 Å². The number of aryl methyl sites for hydroxylation is 1. The number of nitrogens with one attached hydrogen (secondary N) is 2. The highest BCUT2D eigenvalue weighted by Crippen LogP contribution is 2.04. The lowest BCUT2D eigenvalue weighted by molar-refractivity contribution is 0.480. The fourth-order valence-electron chi connectivity index (χ4n) is 2.09. The van der Waals surface area contributed by atoms with Crippen molar-refractivity contribution in [2.24, 2.45) is 10.9 Å². The number of aliphatic imine (C=N–C) groups is 1. The Morgan fingerprint density at radius 1 is 1.26 bits per heavy atom. The van der Waals surface area contributed by atoms with E-state index in [0.29, 0.717) is 12.0 Å². The molecule has 2 aromatic heterocycles. The average molecular weight is 430 g/mol. The smallest absolute Gasteiger partial charge is 0.191 e. The quantitative estimate of drug-likeness (QED) is 0.320. The molecule has 128 valence electrons. The minimum Gasteiger partial charge on any atom is -0.356 e. The molecule has 0 aliphatic rings. The molecule has 2 rings (SSSR count).